The van der Waals surface area contributed by atoms with E-state index in [1.807, 2.05) is 6.92 Å². The monoisotopic (exact) mass is 283 g/mol. The molecule has 0 aliphatic carbocycles. The first-order valence-corrected chi connectivity index (χ1v) is 8.09. The number of rotatable bonds is 11. The topological polar surface area (TPSA) is 32.7 Å². The molecule has 0 spiro atoms. The zero-order valence-electron chi connectivity index (χ0n) is 13.9. The minimum Gasteiger partial charge on any atom is -0.394 e. The molecular weight excluding hydrogens is 250 g/mol. The van der Waals surface area contributed by atoms with Gasteiger partial charge in [0, 0.05) is 0 Å². The van der Waals surface area contributed by atoms with E-state index >= 15 is 0 Å². The first-order valence-electron chi connectivity index (χ1n) is 8.09. The highest BCUT2D eigenvalue weighted by Gasteiger charge is 2.18. The van der Waals surface area contributed by atoms with Gasteiger partial charge in [-0.15, -0.1) is 0 Å². The summed E-state index contributed by atoms with van der Waals surface area (Å²) < 4.78 is 5.63. The maximum absolute atomic E-state index is 8.85. The van der Waals surface area contributed by atoms with Crippen LogP contribution in [0.2, 0.25) is 0 Å². The van der Waals surface area contributed by atoms with E-state index in [9.17, 15) is 0 Å². The first-order chi connectivity index (χ1) is 9.61. The van der Waals surface area contributed by atoms with Crippen molar-refractivity contribution in [2.75, 3.05) is 32.8 Å². The van der Waals surface area contributed by atoms with E-state index in [-0.39, 0.29) is 6.61 Å². The number of hydrogen-bond acceptors (Lipinski definition) is 3. The van der Waals surface area contributed by atoms with Crippen LogP contribution in [0.15, 0.2) is 0 Å². The molecule has 0 amide bonds. The SMILES string of the molecule is CCCCN(CC#C[C@@](C)(CC)OCCO)CCCC. The average molecular weight is 283 g/mol. The Kier molecular flexibility index (Phi) is 11.9. The fraction of sp³-hybridized carbons (Fsp3) is 0.882. The van der Waals surface area contributed by atoms with Gasteiger partial charge < -0.3 is 9.84 Å². The van der Waals surface area contributed by atoms with Crippen LogP contribution in [0.5, 0.6) is 0 Å². The Balaban J connectivity index is 4.37. The van der Waals surface area contributed by atoms with E-state index in [0.29, 0.717) is 6.61 Å². The van der Waals surface area contributed by atoms with Crippen molar-refractivity contribution in [2.24, 2.45) is 0 Å². The van der Waals surface area contributed by atoms with Crippen LogP contribution in [0, 0.1) is 11.8 Å². The molecule has 1 atom stereocenters. The van der Waals surface area contributed by atoms with Gasteiger partial charge in [0.05, 0.1) is 19.8 Å². The van der Waals surface area contributed by atoms with Crippen LogP contribution in [-0.4, -0.2) is 48.5 Å². The molecule has 3 heteroatoms. The van der Waals surface area contributed by atoms with Gasteiger partial charge in [0.15, 0.2) is 0 Å². The Morgan fingerprint density at radius 2 is 1.70 bits per heavy atom. The van der Waals surface area contributed by atoms with Crippen molar-refractivity contribution in [3.63, 3.8) is 0 Å². The van der Waals surface area contributed by atoms with Crippen LogP contribution in [0.1, 0.15) is 59.8 Å². The number of unbranched alkanes of at least 4 members (excludes halogenated alkanes) is 2. The van der Waals surface area contributed by atoms with Crippen LogP contribution in [-0.2, 0) is 4.74 Å². The van der Waals surface area contributed by atoms with Gasteiger partial charge in [0.2, 0.25) is 0 Å². The summed E-state index contributed by atoms with van der Waals surface area (Å²) in [7, 11) is 0. The van der Waals surface area contributed by atoms with Crippen molar-refractivity contribution in [1.29, 1.82) is 0 Å². The highest BCUT2D eigenvalue weighted by molar-refractivity contribution is 5.13. The molecular formula is C17H33NO2. The van der Waals surface area contributed by atoms with Crippen LogP contribution in [0.4, 0.5) is 0 Å². The molecule has 0 rings (SSSR count). The molecule has 0 unspecified atom stereocenters. The molecule has 3 nitrogen and oxygen atoms in total. The fourth-order valence-corrected chi connectivity index (χ4v) is 1.87. The van der Waals surface area contributed by atoms with Crippen molar-refractivity contribution in [3.8, 4) is 11.8 Å². The van der Waals surface area contributed by atoms with E-state index in [0.717, 1.165) is 26.1 Å². The van der Waals surface area contributed by atoms with Crippen molar-refractivity contribution >= 4 is 0 Å². The molecule has 0 bridgehead atoms. The number of hydrogen-bond donors (Lipinski definition) is 1. The standard InChI is InChI=1S/C17H33NO2/c1-5-8-12-18(13-9-6-2)14-10-11-17(4,7-3)20-16-15-19/h19H,5-9,12-16H2,1-4H3/t17-/m1/s1. The van der Waals surface area contributed by atoms with Crippen LogP contribution < -0.4 is 0 Å². The van der Waals surface area contributed by atoms with Crippen LogP contribution in [0.3, 0.4) is 0 Å². The van der Waals surface area contributed by atoms with Gasteiger partial charge in [-0.25, -0.2) is 0 Å². The van der Waals surface area contributed by atoms with Gasteiger partial charge in [0.1, 0.15) is 5.60 Å². The van der Waals surface area contributed by atoms with Gasteiger partial charge in [-0.1, -0.05) is 45.5 Å². The van der Waals surface area contributed by atoms with Crippen molar-refractivity contribution in [2.45, 2.75) is 65.4 Å². The summed E-state index contributed by atoms with van der Waals surface area (Å²) >= 11 is 0. The normalized spacial score (nSPS) is 13.9. The largest absolute Gasteiger partial charge is 0.394 e. The summed E-state index contributed by atoms with van der Waals surface area (Å²) in [5, 5.41) is 8.85. The molecule has 0 aromatic rings. The quantitative estimate of drug-likeness (QED) is 0.592. The third kappa shape index (κ3) is 9.36. The Morgan fingerprint density at radius 3 is 2.15 bits per heavy atom. The minimum absolute atomic E-state index is 0.0520. The predicted molar refractivity (Wildman–Crippen MR) is 85.8 cm³/mol. The summed E-state index contributed by atoms with van der Waals surface area (Å²) in [6.45, 7) is 12.0. The fourth-order valence-electron chi connectivity index (χ4n) is 1.87. The summed E-state index contributed by atoms with van der Waals surface area (Å²) in [5.41, 5.74) is -0.427. The summed E-state index contributed by atoms with van der Waals surface area (Å²) in [5.74, 6) is 6.51. The number of ether oxygens (including phenoxy) is 1. The lowest BCUT2D eigenvalue weighted by molar-refractivity contribution is -0.00823. The van der Waals surface area contributed by atoms with Crippen LogP contribution in [0.25, 0.3) is 0 Å². The van der Waals surface area contributed by atoms with Crippen molar-refractivity contribution in [1.82, 2.24) is 4.90 Å². The Bertz CT molecular complexity index is 274. The molecule has 0 aliphatic rings. The van der Waals surface area contributed by atoms with E-state index < -0.39 is 5.60 Å². The lowest BCUT2D eigenvalue weighted by atomic mass is 10.0. The van der Waals surface area contributed by atoms with Crippen molar-refractivity contribution in [3.05, 3.63) is 0 Å². The van der Waals surface area contributed by atoms with Crippen LogP contribution >= 0.6 is 0 Å². The Labute approximate surface area is 125 Å². The van der Waals surface area contributed by atoms with Gasteiger partial charge in [-0.2, -0.15) is 0 Å². The zero-order chi connectivity index (χ0) is 15.3. The average Bonchev–Trinajstić information content (AvgIpc) is 2.47. The number of aliphatic hydroxyl groups is 1. The second kappa shape index (κ2) is 12.2. The highest BCUT2D eigenvalue weighted by atomic mass is 16.5. The molecule has 0 aromatic heterocycles. The lowest BCUT2D eigenvalue weighted by Crippen LogP contribution is -2.29. The maximum atomic E-state index is 8.85. The molecule has 0 heterocycles. The minimum atomic E-state index is -0.427. The maximum Gasteiger partial charge on any atom is 0.125 e. The number of nitrogens with zero attached hydrogens (tertiary/aromatic N) is 1. The lowest BCUT2D eigenvalue weighted by Gasteiger charge is -2.23. The molecule has 0 saturated carbocycles. The smallest absolute Gasteiger partial charge is 0.125 e. The van der Waals surface area contributed by atoms with Gasteiger partial charge in [-0.3, -0.25) is 4.90 Å². The second-order valence-electron chi connectivity index (χ2n) is 5.44. The molecule has 0 saturated heterocycles. The Hall–Kier alpha value is -0.560. The van der Waals surface area contributed by atoms with E-state index in [1.54, 1.807) is 0 Å². The zero-order valence-corrected chi connectivity index (χ0v) is 13.9. The number of aliphatic hydroxyl groups excluding tert-OH is 1. The third-order valence-electron chi connectivity index (χ3n) is 3.50. The van der Waals surface area contributed by atoms with Crippen molar-refractivity contribution < 1.29 is 9.84 Å². The molecule has 0 aliphatic heterocycles. The summed E-state index contributed by atoms with van der Waals surface area (Å²) in [6, 6.07) is 0. The van der Waals surface area contributed by atoms with Gasteiger partial charge in [0.25, 0.3) is 0 Å². The van der Waals surface area contributed by atoms with E-state index in [4.69, 9.17) is 9.84 Å². The highest BCUT2D eigenvalue weighted by Crippen LogP contribution is 2.13. The second-order valence-corrected chi connectivity index (χ2v) is 5.44. The van der Waals surface area contributed by atoms with Gasteiger partial charge >= 0.3 is 0 Å². The summed E-state index contributed by atoms with van der Waals surface area (Å²) in [6.07, 6.45) is 5.75. The third-order valence-corrected chi connectivity index (χ3v) is 3.50. The first kappa shape index (κ1) is 19.4. The molecule has 0 aromatic carbocycles. The molecule has 0 fully saturated rings. The molecule has 20 heavy (non-hydrogen) atoms. The summed E-state index contributed by atoms with van der Waals surface area (Å²) in [4.78, 5) is 2.43. The molecule has 118 valence electrons. The van der Waals surface area contributed by atoms with E-state index in [2.05, 4.69) is 37.5 Å². The molecule has 0 radical (unpaired) electrons. The molecule has 1 N–H and O–H groups in total. The Morgan fingerprint density at radius 1 is 1.10 bits per heavy atom. The van der Waals surface area contributed by atoms with Gasteiger partial charge in [-0.05, 0) is 39.3 Å². The predicted octanol–water partition coefficient (Wildman–Crippen LogP) is 3.07. The van der Waals surface area contributed by atoms with E-state index in [1.165, 1.54) is 25.7 Å².